The zero-order valence-corrected chi connectivity index (χ0v) is 12.2. The minimum absolute atomic E-state index is 0.141. The summed E-state index contributed by atoms with van der Waals surface area (Å²) in [7, 11) is 0. The van der Waals surface area contributed by atoms with E-state index < -0.39 is 0 Å². The molecule has 0 bridgehead atoms. The van der Waals surface area contributed by atoms with Gasteiger partial charge >= 0.3 is 0 Å². The predicted molar refractivity (Wildman–Crippen MR) is 89.6 cm³/mol. The standard InChI is InChI=1S/C18H14N4O/c23-17(13-6-2-1-3-7-13)16(22-11-10-19-12-22)18-20-14-8-4-5-9-15(14)21-18/h1-12,23H,(H,20,21)/b17-16-. The van der Waals surface area contributed by atoms with Gasteiger partial charge in [-0.1, -0.05) is 42.5 Å². The van der Waals surface area contributed by atoms with Crippen molar-refractivity contribution in [3.63, 3.8) is 0 Å². The van der Waals surface area contributed by atoms with Crippen LogP contribution in [0.4, 0.5) is 0 Å². The number of hydrogen-bond acceptors (Lipinski definition) is 3. The Balaban J connectivity index is 1.96. The summed E-state index contributed by atoms with van der Waals surface area (Å²) >= 11 is 0. The molecule has 2 N–H and O–H groups in total. The van der Waals surface area contributed by atoms with Gasteiger partial charge in [-0.15, -0.1) is 0 Å². The van der Waals surface area contributed by atoms with Gasteiger partial charge in [0.1, 0.15) is 5.70 Å². The van der Waals surface area contributed by atoms with Gasteiger partial charge < -0.3 is 10.1 Å². The van der Waals surface area contributed by atoms with Gasteiger partial charge in [0.25, 0.3) is 0 Å². The van der Waals surface area contributed by atoms with Crippen LogP contribution in [0.3, 0.4) is 0 Å². The van der Waals surface area contributed by atoms with Gasteiger partial charge in [-0.05, 0) is 12.1 Å². The number of aliphatic hydroxyl groups excluding tert-OH is 1. The van der Waals surface area contributed by atoms with Gasteiger partial charge in [-0.3, -0.25) is 4.57 Å². The average Bonchev–Trinajstić information content (AvgIpc) is 3.25. The first-order valence-electron chi connectivity index (χ1n) is 7.25. The molecule has 2 aromatic heterocycles. The largest absolute Gasteiger partial charge is 0.505 e. The lowest BCUT2D eigenvalue weighted by Gasteiger charge is -2.09. The summed E-state index contributed by atoms with van der Waals surface area (Å²) in [6.45, 7) is 0. The van der Waals surface area contributed by atoms with Crippen LogP contribution in [0, 0.1) is 0 Å². The molecule has 5 heteroatoms. The number of benzene rings is 2. The molecule has 2 aromatic carbocycles. The van der Waals surface area contributed by atoms with E-state index in [-0.39, 0.29) is 5.76 Å². The molecule has 0 unspecified atom stereocenters. The van der Waals surface area contributed by atoms with Crippen molar-refractivity contribution >= 4 is 22.5 Å². The van der Waals surface area contributed by atoms with Crippen LogP contribution in [0.5, 0.6) is 0 Å². The SMILES string of the molecule is O/C(=C(/c1nc2ccccc2[nH]1)n1ccnc1)c1ccccc1. The second kappa shape index (κ2) is 5.46. The molecule has 5 nitrogen and oxygen atoms in total. The van der Waals surface area contributed by atoms with Crippen molar-refractivity contribution in [3.05, 3.63) is 84.7 Å². The number of aliphatic hydroxyl groups is 1. The van der Waals surface area contributed by atoms with E-state index in [0.29, 0.717) is 11.5 Å². The van der Waals surface area contributed by atoms with Crippen LogP contribution in [-0.2, 0) is 0 Å². The van der Waals surface area contributed by atoms with Crippen molar-refractivity contribution in [1.29, 1.82) is 0 Å². The number of fused-ring (bicyclic) bond motifs is 1. The summed E-state index contributed by atoms with van der Waals surface area (Å²) in [6, 6.07) is 17.2. The number of nitrogens with zero attached hydrogens (tertiary/aromatic N) is 3. The molecule has 0 amide bonds. The first-order chi connectivity index (χ1) is 11.3. The lowest BCUT2D eigenvalue weighted by Crippen LogP contribution is -2.02. The third-order valence-corrected chi connectivity index (χ3v) is 3.65. The van der Waals surface area contributed by atoms with Gasteiger partial charge in [-0.2, -0.15) is 0 Å². The van der Waals surface area contributed by atoms with Crippen LogP contribution in [0.2, 0.25) is 0 Å². The molecular weight excluding hydrogens is 288 g/mol. The number of aromatic nitrogens is 4. The van der Waals surface area contributed by atoms with E-state index in [9.17, 15) is 5.11 Å². The molecule has 0 radical (unpaired) electrons. The quantitative estimate of drug-likeness (QED) is 0.567. The van der Waals surface area contributed by atoms with E-state index in [1.165, 1.54) is 0 Å². The van der Waals surface area contributed by atoms with Gasteiger partial charge in [0.15, 0.2) is 11.6 Å². The van der Waals surface area contributed by atoms with E-state index in [1.807, 2.05) is 54.6 Å². The smallest absolute Gasteiger partial charge is 0.159 e. The van der Waals surface area contributed by atoms with Crippen LogP contribution in [0.25, 0.3) is 22.5 Å². The highest BCUT2D eigenvalue weighted by Gasteiger charge is 2.16. The molecule has 0 aliphatic carbocycles. The Morgan fingerprint density at radius 1 is 1.00 bits per heavy atom. The molecule has 23 heavy (non-hydrogen) atoms. The highest BCUT2D eigenvalue weighted by Crippen LogP contribution is 2.25. The molecule has 0 saturated heterocycles. The van der Waals surface area contributed by atoms with Crippen molar-refractivity contribution < 1.29 is 5.11 Å². The van der Waals surface area contributed by atoms with Crippen LogP contribution in [0.1, 0.15) is 11.4 Å². The number of hydrogen-bond donors (Lipinski definition) is 2. The Labute approximate surface area is 132 Å². The minimum Gasteiger partial charge on any atom is -0.505 e. The third-order valence-electron chi connectivity index (χ3n) is 3.65. The highest BCUT2D eigenvalue weighted by molar-refractivity contribution is 5.87. The van der Waals surface area contributed by atoms with E-state index >= 15 is 0 Å². The maximum Gasteiger partial charge on any atom is 0.159 e. The number of H-pyrrole nitrogens is 1. The summed E-state index contributed by atoms with van der Waals surface area (Å²) in [5, 5.41) is 10.8. The normalized spacial score (nSPS) is 12.3. The molecule has 0 fully saturated rings. The summed E-state index contributed by atoms with van der Waals surface area (Å²) in [6.07, 6.45) is 5.09. The molecular formula is C18H14N4O. The zero-order chi connectivity index (χ0) is 15.6. The number of rotatable bonds is 3. The van der Waals surface area contributed by atoms with E-state index in [1.54, 1.807) is 23.3 Å². The molecule has 0 aliphatic heterocycles. The van der Waals surface area contributed by atoms with E-state index in [0.717, 1.165) is 16.6 Å². The Morgan fingerprint density at radius 3 is 2.52 bits per heavy atom. The van der Waals surface area contributed by atoms with E-state index in [2.05, 4.69) is 15.0 Å². The minimum atomic E-state index is 0.141. The maximum absolute atomic E-state index is 10.8. The zero-order valence-electron chi connectivity index (χ0n) is 12.2. The molecule has 4 aromatic rings. The summed E-state index contributed by atoms with van der Waals surface area (Å²) in [5.74, 6) is 0.730. The Bertz CT molecular complexity index is 936. The summed E-state index contributed by atoms with van der Waals surface area (Å²) in [5.41, 5.74) is 3.04. The van der Waals surface area contributed by atoms with Crippen molar-refractivity contribution in [2.24, 2.45) is 0 Å². The lowest BCUT2D eigenvalue weighted by molar-refractivity contribution is 0.511. The predicted octanol–water partition coefficient (Wildman–Crippen LogP) is 3.69. The molecule has 112 valence electrons. The van der Waals surface area contributed by atoms with Crippen LogP contribution < -0.4 is 0 Å². The first-order valence-corrected chi connectivity index (χ1v) is 7.25. The Morgan fingerprint density at radius 2 is 1.78 bits per heavy atom. The second-order valence-electron chi connectivity index (χ2n) is 5.14. The Hall–Kier alpha value is -3.34. The third kappa shape index (κ3) is 2.38. The fraction of sp³-hybridized carbons (Fsp3) is 0. The fourth-order valence-corrected chi connectivity index (χ4v) is 2.55. The first kappa shape index (κ1) is 13.3. The molecule has 0 saturated carbocycles. The van der Waals surface area contributed by atoms with Crippen molar-refractivity contribution in [2.75, 3.05) is 0 Å². The van der Waals surface area contributed by atoms with Gasteiger partial charge in [-0.25, -0.2) is 9.97 Å². The van der Waals surface area contributed by atoms with Gasteiger partial charge in [0.05, 0.1) is 17.4 Å². The van der Waals surface area contributed by atoms with Crippen LogP contribution in [0.15, 0.2) is 73.3 Å². The van der Waals surface area contributed by atoms with Crippen LogP contribution >= 0.6 is 0 Å². The van der Waals surface area contributed by atoms with Gasteiger partial charge in [0, 0.05) is 18.0 Å². The molecule has 2 heterocycles. The number of imidazole rings is 2. The number of nitrogens with one attached hydrogen (secondary N) is 1. The molecule has 0 spiro atoms. The highest BCUT2D eigenvalue weighted by atomic mass is 16.3. The summed E-state index contributed by atoms with van der Waals surface area (Å²) in [4.78, 5) is 11.9. The monoisotopic (exact) mass is 302 g/mol. The Kier molecular flexibility index (Phi) is 3.16. The van der Waals surface area contributed by atoms with E-state index in [4.69, 9.17) is 0 Å². The maximum atomic E-state index is 10.8. The second-order valence-corrected chi connectivity index (χ2v) is 5.14. The summed E-state index contributed by atoms with van der Waals surface area (Å²) < 4.78 is 1.75. The van der Waals surface area contributed by atoms with Crippen molar-refractivity contribution in [3.8, 4) is 0 Å². The molecule has 4 rings (SSSR count). The topological polar surface area (TPSA) is 66.7 Å². The van der Waals surface area contributed by atoms with Crippen molar-refractivity contribution in [2.45, 2.75) is 0 Å². The molecule has 0 aliphatic rings. The lowest BCUT2D eigenvalue weighted by atomic mass is 10.1. The number of aromatic amines is 1. The van der Waals surface area contributed by atoms with Gasteiger partial charge in [0.2, 0.25) is 0 Å². The van der Waals surface area contributed by atoms with Crippen LogP contribution in [-0.4, -0.2) is 24.6 Å². The molecule has 0 atom stereocenters. The fourth-order valence-electron chi connectivity index (χ4n) is 2.55. The average molecular weight is 302 g/mol. The van der Waals surface area contributed by atoms with Crippen molar-refractivity contribution in [1.82, 2.24) is 19.5 Å². The number of para-hydroxylation sites is 2.